The van der Waals surface area contributed by atoms with Gasteiger partial charge in [0.15, 0.2) is 0 Å². The van der Waals surface area contributed by atoms with E-state index in [9.17, 15) is 0 Å². The van der Waals surface area contributed by atoms with Crippen molar-refractivity contribution in [3.05, 3.63) is 53.2 Å². The van der Waals surface area contributed by atoms with Crippen LogP contribution >= 0.6 is 0 Å². The second kappa shape index (κ2) is 10.1. The summed E-state index contributed by atoms with van der Waals surface area (Å²) in [5.74, 6) is 2.92. The van der Waals surface area contributed by atoms with Crippen LogP contribution in [0.15, 0.2) is 36.4 Å². The zero-order valence-electron chi connectivity index (χ0n) is 20.9. The number of hydrogen-bond acceptors (Lipinski definition) is 5. The van der Waals surface area contributed by atoms with Gasteiger partial charge in [0.05, 0.1) is 17.4 Å². The van der Waals surface area contributed by atoms with E-state index in [0.29, 0.717) is 23.8 Å². The zero-order valence-corrected chi connectivity index (χ0v) is 20.9. The fraction of sp³-hybridized carbons (Fsp3) is 0.552. The van der Waals surface area contributed by atoms with E-state index in [0.717, 1.165) is 48.8 Å². The average Bonchev–Trinajstić information content (AvgIpc) is 3.67. The van der Waals surface area contributed by atoms with Gasteiger partial charge in [-0.2, -0.15) is 0 Å². The lowest BCUT2D eigenvalue weighted by atomic mass is 9.90. The van der Waals surface area contributed by atoms with Crippen LogP contribution in [0, 0.1) is 6.92 Å². The highest BCUT2D eigenvalue weighted by atomic mass is 16.5. The molecular formula is C29H37N5O. The first kappa shape index (κ1) is 22.7. The number of nitrogens with one attached hydrogen (secondary N) is 1. The highest BCUT2D eigenvalue weighted by molar-refractivity contribution is 5.58. The summed E-state index contributed by atoms with van der Waals surface area (Å²) in [7, 11) is 0. The van der Waals surface area contributed by atoms with Gasteiger partial charge in [0.1, 0.15) is 11.4 Å². The van der Waals surface area contributed by atoms with Gasteiger partial charge in [0, 0.05) is 6.07 Å². The Hall–Kier alpha value is -2.73. The Labute approximate surface area is 208 Å². The van der Waals surface area contributed by atoms with Crippen LogP contribution in [-0.4, -0.2) is 33.1 Å². The minimum Gasteiger partial charge on any atom is -0.439 e. The summed E-state index contributed by atoms with van der Waals surface area (Å²) in [4.78, 5) is 4.94. The van der Waals surface area contributed by atoms with Gasteiger partial charge < -0.3 is 10.1 Å². The van der Waals surface area contributed by atoms with Gasteiger partial charge in [0.2, 0.25) is 5.88 Å². The first-order chi connectivity index (χ1) is 17.2. The third-order valence-corrected chi connectivity index (χ3v) is 8.31. The van der Waals surface area contributed by atoms with Crippen LogP contribution < -0.4 is 10.1 Å². The van der Waals surface area contributed by atoms with Crippen molar-refractivity contribution in [3.8, 4) is 23.0 Å². The van der Waals surface area contributed by atoms with Crippen molar-refractivity contribution in [2.45, 2.75) is 89.0 Å². The molecule has 1 N–H and O–H groups in total. The lowest BCUT2D eigenvalue weighted by Gasteiger charge is -2.24. The third kappa shape index (κ3) is 4.86. The lowest BCUT2D eigenvalue weighted by Crippen LogP contribution is -2.30. The summed E-state index contributed by atoms with van der Waals surface area (Å²) in [6.45, 7) is 4.05. The normalized spacial score (nSPS) is 20.0. The summed E-state index contributed by atoms with van der Waals surface area (Å²) in [6, 6.07) is 13.4. The quantitative estimate of drug-likeness (QED) is 0.434. The van der Waals surface area contributed by atoms with Crippen molar-refractivity contribution < 1.29 is 4.74 Å². The second-order valence-electron chi connectivity index (χ2n) is 10.7. The van der Waals surface area contributed by atoms with Crippen LogP contribution in [-0.2, 0) is 0 Å². The van der Waals surface area contributed by atoms with E-state index in [1.807, 2.05) is 19.1 Å². The monoisotopic (exact) mass is 471 g/mol. The molecule has 3 aliphatic rings. The number of aryl methyl sites for hydroxylation is 1. The van der Waals surface area contributed by atoms with Gasteiger partial charge in [0.25, 0.3) is 0 Å². The number of nitrogens with zero attached hydrogens (tertiary/aromatic N) is 4. The standard InChI is InChI=1S/C29H37N5O/c1-20-29(34(33-32-20)25-13-15-30-16-14-25)27-11-6-12-28(31-27)35-26-18-23(21-7-2-3-8-21)17-24(19-26)22-9-4-5-10-22/h6,11-12,17-19,21-22,25,30H,2-5,7-10,13-16H2,1H3. The van der Waals surface area contributed by atoms with Crippen LogP contribution in [0.1, 0.15) is 98.9 Å². The molecule has 3 heterocycles. The first-order valence-corrected chi connectivity index (χ1v) is 13.7. The molecular weight excluding hydrogens is 434 g/mol. The van der Waals surface area contributed by atoms with Crippen LogP contribution in [0.4, 0.5) is 0 Å². The lowest BCUT2D eigenvalue weighted by molar-refractivity contribution is 0.340. The number of piperidine rings is 1. The minimum absolute atomic E-state index is 0.357. The second-order valence-corrected chi connectivity index (χ2v) is 10.7. The number of ether oxygens (including phenoxy) is 1. The Morgan fingerprint density at radius 1 is 0.857 bits per heavy atom. The van der Waals surface area contributed by atoms with Crippen LogP contribution in [0.3, 0.4) is 0 Å². The summed E-state index contributed by atoms with van der Waals surface area (Å²) in [5.41, 5.74) is 5.73. The molecule has 6 rings (SSSR count). The largest absolute Gasteiger partial charge is 0.439 e. The van der Waals surface area contributed by atoms with Gasteiger partial charge >= 0.3 is 0 Å². The van der Waals surface area contributed by atoms with Crippen molar-refractivity contribution in [2.24, 2.45) is 0 Å². The number of aromatic nitrogens is 4. The predicted molar refractivity (Wildman–Crippen MR) is 138 cm³/mol. The highest BCUT2D eigenvalue weighted by Crippen LogP contribution is 2.41. The van der Waals surface area contributed by atoms with E-state index >= 15 is 0 Å². The molecule has 2 saturated carbocycles. The van der Waals surface area contributed by atoms with E-state index in [-0.39, 0.29) is 0 Å². The Morgan fingerprint density at radius 2 is 1.51 bits per heavy atom. The van der Waals surface area contributed by atoms with Crippen molar-refractivity contribution in [2.75, 3.05) is 13.1 Å². The molecule has 0 spiro atoms. The SMILES string of the molecule is Cc1nnn(C2CCNCC2)c1-c1cccc(Oc2cc(C3CCCC3)cc(C3CCCC3)c2)n1. The van der Waals surface area contributed by atoms with Gasteiger partial charge in [-0.25, -0.2) is 9.67 Å². The Bertz CT molecular complexity index is 1120. The van der Waals surface area contributed by atoms with Crippen molar-refractivity contribution in [1.82, 2.24) is 25.3 Å². The van der Waals surface area contributed by atoms with E-state index in [1.165, 1.54) is 62.5 Å². The predicted octanol–water partition coefficient (Wildman–Crippen LogP) is 6.68. The van der Waals surface area contributed by atoms with Gasteiger partial charge in [-0.1, -0.05) is 43.0 Å². The Kier molecular flexibility index (Phi) is 6.55. The summed E-state index contributed by atoms with van der Waals surface area (Å²) in [5, 5.41) is 12.3. The van der Waals surface area contributed by atoms with Gasteiger partial charge in [-0.05, 0) is 99.7 Å². The van der Waals surface area contributed by atoms with Crippen molar-refractivity contribution >= 4 is 0 Å². The van der Waals surface area contributed by atoms with Crippen molar-refractivity contribution in [1.29, 1.82) is 0 Å². The third-order valence-electron chi connectivity index (χ3n) is 8.31. The number of pyridine rings is 1. The van der Waals surface area contributed by atoms with Crippen molar-refractivity contribution in [3.63, 3.8) is 0 Å². The molecule has 1 aliphatic heterocycles. The Morgan fingerprint density at radius 3 is 2.17 bits per heavy atom. The smallest absolute Gasteiger partial charge is 0.219 e. The molecule has 184 valence electrons. The molecule has 0 amide bonds. The van der Waals surface area contributed by atoms with E-state index in [1.54, 1.807) is 0 Å². The summed E-state index contributed by atoms with van der Waals surface area (Å²) < 4.78 is 8.56. The van der Waals surface area contributed by atoms with Gasteiger partial charge in [-0.3, -0.25) is 0 Å². The molecule has 0 unspecified atom stereocenters. The van der Waals surface area contributed by atoms with Crippen LogP contribution in [0.2, 0.25) is 0 Å². The zero-order chi connectivity index (χ0) is 23.6. The number of rotatable bonds is 6. The maximum atomic E-state index is 6.47. The molecule has 2 aromatic heterocycles. The first-order valence-electron chi connectivity index (χ1n) is 13.7. The average molecular weight is 472 g/mol. The minimum atomic E-state index is 0.357. The molecule has 6 heteroatoms. The van der Waals surface area contributed by atoms with Crippen LogP contribution in [0.5, 0.6) is 11.6 Å². The molecule has 3 aromatic rings. The maximum absolute atomic E-state index is 6.47. The molecule has 35 heavy (non-hydrogen) atoms. The Balaban J connectivity index is 1.30. The fourth-order valence-electron chi connectivity index (χ4n) is 6.40. The van der Waals surface area contributed by atoms with E-state index in [2.05, 4.69) is 44.6 Å². The fourth-order valence-corrected chi connectivity index (χ4v) is 6.40. The van der Waals surface area contributed by atoms with E-state index in [4.69, 9.17) is 9.72 Å². The highest BCUT2D eigenvalue weighted by Gasteiger charge is 2.24. The topological polar surface area (TPSA) is 64.9 Å². The molecule has 0 atom stereocenters. The van der Waals surface area contributed by atoms with E-state index < -0.39 is 0 Å². The molecule has 0 radical (unpaired) electrons. The molecule has 6 nitrogen and oxygen atoms in total. The molecule has 1 aromatic carbocycles. The molecule has 3 fully saturated rings. The van der Waals surface area contributed by atoms with Gasteiger partial charge in [-0.15, -0.1) is 5.10 Å². The summed E-state index contributed by atoms with van der Waals surface area (Å²) >= 11 is 0. The number of hydrogen-bond donors (Lipinski definition) is 1. The maximum Gasteiger partial charge on any atom is 0.219 e. The molecule has 2 aliphatic carbocycles. The van der Waals surface area contributed by atoms with Crippen LogP contribution in [0.25, 0.3) is 11.4 Å². The molecule has 1 saturated heterocycles. The summed E-state index contributed by atoms with van der Waals surface area (Å²) in [6.07, 6.45) is 12.7. The number of benzene rings is 1. The molecule has 0 bridgehead atoms.